The maximum Gasteiger partial charge on any atom is 0.317 e. The third kappa shape index (κ3) is 1.16. The number of carbonyl (C=O) groups is 1. The summed E-state index contributed by atoms with van der Waals surface area (Å²) in [5.74, 6) is -0.0923. The monoisotopic (exact) mass is 153 g/mol. The Balaban J connectivity index is 1.98. The molecule has 11 heavy (non-hydrogen) atoms. The quantitative estimate of drug-likeness (QED) is 0.581. The molecule has 3 nitrogen and oxygen atoms in total. The van der Waals surface area contributed by atoms with Crippen LogP contribution in [0.2, 0.25) is 0 Å². The lowest BCUT2D eigenvalue weighted by molar-refractivity contribution is -0.138. The molecular formula is C8H11NO2. The summed E-state index contributed by atoms with van der Waals surface area (Å²) in [5, 5.41) is 8.54. The molecule has 1 fully saturated rings. The molecule has 1 N–H and O–H groups in total. The van der Waals surface area contributed by atoms with E-state index in [4.69, 9.17) is 5.11 Å². The zero-order chi connectivity index (χ0) is 7.84. The van der Waals surface area contributed by atoms with E-state index in [0.29, 0.717) is 12.0 Å². The van der Waals surface area contributed by atoms with Crippen LogP contribution in [0.25, 0.3) is 0 Å². The molecule has 0 spiro atoms. The van der Waals surface area contributed by atoms with Crippen molar-refractivity contribution in [3.63, 3.8) is 0 Å². The second-order valence-corrected chi connectivity index (χ2v) is 3.27. The molecule has 2 rings (SSSR count). The molecule has 1 aliphatic heterocycles. The van der Waals surface area contributed by atoms with Gasteiger partial charge >= 0.3 is 5.97 Å². The Morgan fingerprint density at radius 3 is 2.91 bits per heavy atom. The highest BCUT2D eigenvalue weighted by Crippen LogP contribution is 2.30. The number of nitrogens with zero attached hydrogens (tertiary/aromatic N) is 1. The average Bonchev–Trinajstić information content (AvgIpc) is 2.45. The second kappa shape index (κ2) is 2.34. The fourth-order valence-electron chi connectivity index (χ4n) is 1.95. The van der Waals surface area contributed by atoms with Gasteiger partial charge < -0.3 is 5.11 Å². The molecule has 0 unspecified atom stereocenters. The molecule has 1 heterocycles. The summed E-state index contributed by atoms with van der Waals surface area (Å²) in [7, 11) is 0. The highest BCUT2D eigenvalue weighted by Gasteiger charge is 2.34. The van der Waals surface area contributed by atoms with E-state index in [1.165, 1.54) is 0 Å². The highest BCUT2D eigenvalue weighted by atomic mass is 16.4. The van der Waals surface area contributed by atoms with Crippen LogP contribution in [0.3, 0.4) is 0 Å². The van der Waals surface area contributed by atoms with Crippen molar-refractivity contribution in [2.75, 3.05) is 13.1 Å². The summed E-state index contributed by atoms with van der Waals surface area (Å²) in [4.78, 5) is 12.4. The van der Waals surface area contributed by atoms with E-state index >= 15 is 0 Å². The Kier molecular flexibility index (Phi) is 1.46. The van der Waals surface area contributed by atoms with Crippen LogP contribution in [0.5, 0.6) is 0 Å². The van der Waals surface area contributed by atoms with Crippen molar-refractivity contribution in [2.24, 2.45) is 5.92 Å². The molecule has 0 radical (unpaired) electrons. The Bertz CT molecular complexity index is 212. The predicted molar refractivity (Wildman–Crippen MR) is 40.2 cm³/mol. The van der Waals surface area contributed by atoms with Crippen LogP contribution in [-0.2, 0) is 4.79 Å². The fourth-order valence-corrected chi connectivity index (χ4v) is 1.95. The van der Waals surface area contributed by atoms with E-state index in [-0.39, 0.29) is 6.54 Å². The predicted octanol–water partition coefficient (Wildman–Crippen LogP) is 0.331. The summed E-state index contributed by atoms with van der Waals surface area (Å²) < 4.78 is 0. The molecular weight excluding hydrogens is 142 g/mol. The molecule has 3 heteroatoms. The Morgan fingerprint density at radius 1 is 1.64 bits per heavy atom. The van der Waals surface area contributed by atoms with Crippen molar-refractivity contribution in [1.29, 1.82) is 0 Å². The van der Waals surface area contributed by atoms with Crippen LogP contribution in [0.1, 0.15) is 6.42 Å². The minimum atomic E-state index is -0.717. The van der Waals surface area contributed by atoms with Gasteiger partial charge in [-0.3, -0.25) is 9.69 Å². The average molecular weight is 153 g/mol. The molecule has 2 aliphatic rings. The van der Waals surface area contributed by atoms with Gasteiger partial charge in [0.1, 0.15) is 0 Å². The maximum absolute atomic E-state index is 10.4. The van der Waals surface area contributed by atoms with Gasteiger partial charge in [0, 0.05) is 12.6 Å². The van der Waals surface area contributed by atoms with Crippen LogP contribution >= 0.6 is 0 Å². The number of rotatable bonds is 2. The van der Waals surface area contributed by atoms with Crippen molar-refractivity contribution >= 4 is 5.97 Å². The van der Waals surface area contributed by atoms with Crippen molar-refractivity contribution in [1.82, 2.24) is 4.90 Å². The van der Waals surface area contributed by atoms with Crippen molar-refractivity contribution in [3.8, 4) is 0 Å². The van der Waals surface area contributed by atoms with Gasteiger partial charge in [0.05, 0.1) is 6.54 Å². The normalized spacial score (nSPS) is 34.9. The van der Waals surface area contributed by atoms with E-state index < -0.39 is 5.97 Å². The molecule has 0 aromatic heterocycles. The number of aliphatic carboxylic acids is 1. The smallest absolute Gasteiger partial charge is 0.317 e. The van der Waals surface area contributed by atoms with E-state index in [1.54, 1.807) is 0 Å². The highest BCUT2D eigenvalue weighted by molar-refractivity contribution is 5.69. The van der Waals surface area contributed by atoms with Crippen LogP contribution in [-0.4, -0.2) is 35.1 Å². The lowest BCUT2D eigenvalue weighted by atomic mass is 10.2. The first kappa shape index (κ1) is 6.85. The van der Waals surface area contributed by atoms with E-state index in [1.807, 2.05) is 4.90 Å². The van der Waals surface area contributed by atoms with E-state index in [2.05, 4.69) is 12.2 Å². The summed E-state index contributed by atoms with van der Waals surface area (Å²) in [6, 6.07) is 0.413. The molecule has 0 saturated carbocycles. The molecule has 1 aliphatic carbocycles. The number of carboxylic acids is 1. The second-order valence-electron chi connectivity index (χ2n) is 3.27. The van der Waals surface area contributed by atoms with Gasteiger partial charge in [-0.25, -0.2) is 0 Å². The largest absolute Gasteiger partial charge is 0.480 e. The number of fused-ring (bicyclic) bond motifs is 2. The van der Waals surface area contributed by atoms with Crippen LogP contribution < -0.4 is 0 Å². The van der Waals surface area contributed by atoms with Crippen LogP contribution in [0.4, 0.5) is 0 Å². The lowest BCUT2D eigenvalue weighted by Crippen LogP contribution is -2.34. The van der Waals surface area contributed by atoms with Crippen molar-refractivity contribution in [3.05, 3.63) is 12.2 Å². The van der Waals surface area contributed by atoms with Gasteiger partial charge in [0.15, 0.2) is 0 Å². The third-order valence-corrected chi connectivity index (χ3v) is 2.43. The summed E-state index contributed by atoms with van der Waals surface area (Å²) in [6.07, 6.45) is 5.45. The zero-order valence-electron chi connectivity index (χ0n) is 6.23. The molecule has 60 valence electrons. The first-order valence-corrected chi connectivity index (χ1v) is 3.90. The topological polar surface area (TPSA) is 40.5 Å². The summed E-state index contributed by atoms with van der Waals surface area (Å²) in [6.45, 7) is 1.14. The first-order valence-electron chi connectivity index (χ1n) is 3.90. The molecule has 2 atom stereocenters. The van der Waals surface area contributed by atoms with Crippen molar-refractivity contribution in [2.45, 2.75) is 12.5 Å². The number of likely N-dealkylation sites (tertiary alicyclic amines) is 1. The first-order chi connectivity index (χ1) is 5.25. The minimum absolute atomic E-state index is 0.200. The number of hydrogen-bond acceptors (Lipinski definition) is 2. The zero-order valence-corrected chi connectivity index (χ0v) is 6.23. The summed E-state index contributed by atoms with van der Waals surface area (Å²) >= 11 is 0. The van der Waals surface area contributed by atoms with Gasteiger partial charge in [-0.05, 0) is 12.3 Å². The Labute approximate surface area is 65.3 Å². The SMILES string of the molecule is O=C(O)CN1C[C@@H]2C=C[C@H]1C2. The summed E-state index contributed by atoms with van der Waals surface area (Å²) in [5.41, 5.74) is 0. The lowest BCUT2D eigenvalue weighted by Gasteiger charge is -2.20. The van der Waals surface area contributed by atoms with Crippen LogP contribution in [0, 0.1) is 5.92 Å². The Hall–Kier alpha value is -0.830. The van der Waals surface area contributed by atoms with Gasteiger partial charge in [-0.15, -0.1) is 0 Å². The Morgan fingerprint density at radius 2 is 2.45 bits per heavy atom. The van der Waals surface area contributed by atoms with E-state index in [9.17, 15) is 4.79 Å². The van der Waals surface area contributed by atoms with Crippen molar-refractivity contribution < 1.29 is 9.90 Å². The van der Waals surface area contributed by atoms with Gasteiger partial charge in [-0.2, -0.15) is 0 Å². The van der Waals surface area contributed by atoms with Gasteiger partial charge in [-0.1, -0.05) is 12.2 Å². The molecule has 0 aromatic carbocycles. The van der Waals surface area contributed by atoms with Gasteiger partial charge in [0.2, 0.25) is 0 Å². The van der Waals surface area contributed by atoms with Crippen LogP contribution in [0.15, 0.2) is 12.2 Å². The number of hydrogen-bond donors (Lipinski definition) is 1. The standard InChI is InChI=1S/C8H11NO2/c10-8(11)5-9-4-6-1-2-7(9)3-6/h1-2,6-7H,3-5H2,(H,10,11)/t6-,7+/m1/s1. The van der Waals surface area contributed by atoms with Gasteiger partial charge in [0.25, 0.3) is 0 Å². The molecule has 1 saturated heterocycles. The molecule has 2 bridgehead atoms. The molecule has 0 amide bonds. The molecule has 0 aromatic rings. The minimum Gasteiger partial charge on any atom is -0.480 e. The third-order valence-electron chi connectivity index (χ3n) is 2.43. The number of carboxylic acid groups (broad SMARTS) is 1. The maximum atomic E-state index is 10.4. The fraction of sp³-hybridized carbons (Fsp3) is 0.625. The van der Waals surface area contributed by atoms with E-state index in [0.717, 1.165) is 13.0 Å².